The van der Waals surface area contributed by atoms with Gasteiger partial charge in [-0.2, -0.15) is 0 Å². The van der Waals surface area contributed by atoms with Gasteiger partial charge in [0.1, 0.15) is 4.34 Å². The second-order valence-electron chi connectivity index (χ2n) is 1.97. The standard InChI is InChI=1S/C5H2ClNO4S.CH3NO/c6-4-3(5(8)9)2(1-12-4)7(10)11;2-1-3/h1H,(H,8,9);1H,(H2,2,3). The zero-order valence-corrected chi connectivity index (χ0v) is 8.62. The van der Waals surface area contributed by atoms with E-state index in [2.05, 4.69) is 5.73 Å². The van der Waals surface area contributed by atoms with Crippen LogP contribution in [0.25, 0.3) is 0 Å². The zero-order valence-electron chi connectivity index (χ0n) is 7.05. The summed E-state index contributed by atoms with van der Waals surface area (Å²) in [5, 5.41) is 19.8. The van der Waals surface area contributed by atoms with Crippen molar-refractivity contribution in [3.05, 3.63) is 25.4 Å². The van der Waals surface area contributed by atoms with Crippen molar-refractivity contribution in [1.82, 2.24) is 0 Å². The number of nitro groups is 1. The lowest BCUT2D eigenvalue weighted by Crippen LogP contribution is -1.99. The molecule has 0 aliphatic rings. The first-order chi connectivity index (χ1) is 6.95. The third-order valence-corrected chi connectivity index (χ3v) is 2.35. The van der Waals surface area contributed by atoms with Gasteiger partial charge in [0.2, 0.25) is 6.41 Å². The maximum Gasteiger partial charge on any atom is 0.345 e. The molecule has 1 amide bonds. The van der Waals surface area contributed by atoms with E-state index in [1.807, 2.05) is 0 Å². The number of aromatic carboxylic acids is 1. The van der Waals surface area contributed by atoms with Gasteiger partial charge in [-0.3, -0.25) is 14.9 Å². The first kappa shape index (κ1) is 13.3. The Morgan fingerprint density at radius 2 is 2.20 bits per heavy atom. The van der Waals surface area contributed by atoms with Crippen molar-refractivity contribution in [2.75, 3.05) is 0 Å². The molecule has 1 heterocycles. The van der Waals surface area contributed by atoms with Gasteiger partial charge >= 0.3 is 5.97 Å². The van der Waals surface area contributed by atoms with Crippen LogP contribution in [-0.2, 0) is 4.79 Å². The molecule has 1 rings (SSSR count). The van der Waals surface area contributed by atoms with Gasteiger partial charge in [0.15, 0.2) is 5.56 Å². The Balaban J connectivity index is 0.000000583. The van der Waals surface area contributed by atoms with Gasteiger partial charge in [-0.1, -0.05) is 11.6 Å². The lowest BCUT2D eigenvalue weighted by atomic mass is 10.3. The highest BCUT2D eigenvalue weighted by molar-refractivity contribution is 7.15. The first-order valence-corrected chi connectivity index (χ1v) is 4.51. The monoisotopic (exact) mass is 252 g/mol. The number of amides is 1. The van der Waals surface area contributed by atoms with Crippen molar-refractivity contribution < 1.29 is 19.6 Å². The van der Waals surface area contributed by atoms with Crippen LogP contribution in [0.1, 0.15) is 10.4 Å². The average Bonchev–Trinajstić information content (AvgIpc) is 2.48. The number of carbonyl (C=O) groups excluding carboxylic acids is 1. The summed E-state index contributed by atoms with van der Waals surface area (Å²) in [6, 6.07) is 0. The highest BCUT2D eigenvalue weighted by Crippen LogP contribution is 2.32. The quantitative estimate of drug-likeness (QED) is 0.463. The molecule has 1 aromatic rings. The Kier molecular flexibility index (Phi) is 5.27. The molecule has 82 valence electrons. The van der Waals surface area contributed by atoms with Crippen LogP contribution in [0.3, 0.4) is 0 Å². The van der Waals surface area contributed by atoms with Crippen molar-refractivity contribution in [3.63, 3.8) is 0 Å². The van der Waals surface area contributed by atoms with Crippen LogP contribution in [0, 0.1) is 10.1 Å². The fourth-order valence-electron chi connectivity index (χ4n) is 0.654. The van der Waals surface area contributed by atoms with Gasteiger partial charge in [-0.05, 0) is 0 Å². The number of carboxylic acid groups (broad SMARTS) is 1. The second kappa shape index (κ2) is 5.94. The normalized spacial score (nSPS) is 8.60. The number of carboxylic acids is 1. The van der Waals surface area contributed by atoms with Crippen LogP contribution in [0.15, 0.2) is 5.38 Å². The third kappa shape index (κ3) is 3.52. The Labute approximate surface area is 92.2 Å². The molecule has 0 unspecified atom stereocenters. The first-order valence-electron chi connectivity index (χ1n) is 3.25. The molecular formula is C6H5ClN2O5S. The SMILES string of the molecule is NC=O.O=C(O)c1c([N+](=O)[O-])csc1Cl. The van der Waals surface area contributed by atoms with Crippen LogP contribution in [0.4, 0.5) is 5.69 Å². The highest BCUT2D eigenvalue weighted by Gasteiger charge is 2.25. The number of nitrogens with two attached hydrogens (primary N) is 1. The summed E-state index contributed by atoms with van der Waals surface area (Å²) in [5.41, 5.74) is 3.27. The van der Waals surface area contributed by atoms with Crippen molar-refractivity contribution in [2.45, 2.75) is 0 Å². The molecule has 0 saturated carbocycles. The van der Waals surface area contributed by atoms with Gasteiger partial charge in [-0.25, -0.2) is 4.79 Å². The number of hydrogen-bond acceptors (Lipinski definition) is 5. The van der Waals surface area contributed by atoms with Crippen LogP contribution in [-0.4, -0.2) is 22.4 Å². The summed E-state index contributed by atoms with van der Waals surface area (Å²) in [6.45, 7) is 0. The van der Waals surface area contributed by atoms with Gasteiger partial charge in [-0.15, -0.1) is 11.3 Å². The van der Waals surface area contributed by atoms with E-state index in [1.54, 1.807) is 0 Å². The molecule has 7 nitrogen and oxygen atoms in total. The number of halogens is 1. The van der Waals surface area contributed by atoms with Gasteiger partial charge in [0.25, 0.3) is 5.69 Å². The molecule has 0 atom stereocenters. The highest BCUT2D eigenvalue weighted by atomic mass is 35.5. The van der Waals surface area contributed by atoms with Crippen LogP contribution in [0.5, 0.6) is 0 Å². The summed E-state index contributed by atoms with van der Waals surface area (Å²) >= 11 is 6.25. The fraction of sp³-hybridized carbons (Fsp3) is 0. The molecule has 0 spiro atoms. The van der Waals surface area contributed by atoms with E-state index >= 15 is 0 Å². The van der Waals surface area contributed by atoms with Crippen molar-refractivity contribution in [3.8, 4) is 0 Å². The molecule has 3 N–H and O–H groups in total. The minimum atomic E-state index is -1.38. The Morgan fingerprint density at radius 1 is 1.73 bits per heavy atom. The van der Waals surface area contributed by atoms with Crippen molar-refractivity contribution >= 4 is 41.0 Å². The van der Waals surface area contributed by atoms with E-state index in [0.717, 1.165) is 16.7 Å². The third-order valence-electron chi connectivity index (χ3n) is 1.14. The van der Waals surface area contributed by atoms with E-state index < -0.39 is 22.1 Å². The Morgan fingerprint density at radius 3 is 2.47 bits per heavy atom. The summed E-state index contributed by atoms with van der Waals surface area (Å²) in [7, 11) is 0. The average molecular weight is 253 g/mol. The van der Waals surface area contributed by atoms with E-state index in [9.17, 15) is 14.9 Å². The van der Waals surface area contributed by atoms with E-state index in [1.165, 1.54) is 0 Å². The Hall–Kier alpha value is -1.67. The van der Waals surface area contributed by atoms with Crippen LogP contribution in [0.2, 0.25) is 4.34 Å². The largest absolute Gasteiger partial charge is 0.477 e. The van der Waals surface area contributed by atoms with Crippen molar-refractivity contribution in [1.29, 1.82) is 0 Å². The summed E-state index contributed by atoms with van der Waals surface area (Å²) in [4.78, 5) is 28.5. The molecule has 0 aliphatic carbocycles. The molecule has 0 bridgehead atoms. The van der Waals surface area contributed by atoms with E-state index in [-0.39, 0.29) is 10.7 Å². The van der Waals surface area contributed by atoms with Gasteiger partial charge < -0.3 is 10.8 Å². The molecule has 0 aliphatic heterocycles. The minimum Gasteiger partial charge on any atom is -0.477 e. The van der Waals surface area contributed by atoms with Crippen molar-refractivity contribution in [2.24, 2.45) is 5.73 Å². The lowest BCUT2D eigenvalue weighted by molar-refractivity contribution is -0.384. The smallest absolute Gasteiger partial charge is 0.345 e. The number of hydrogen-bond donors (Lipinski definition) is 2. The topological polar surface area (TPSA) is 124 Å². The molecule has 0 aromatic carbocycles. The Bertz CT molecular complexity index is 391. The minimum absolute atomic E-state index is 0.0748. The number of nitrogens with zero attached hydrogens (tertiary/aromatic N) is 1. The molecule has 0 radical (unpaired) electrons. The van der Waals surface area contributed by atoms with E-state index in [4.69, 9.17) is 21.5 Å². The van der Waals surface area contributed by atoms with Crippen LogP contribution < -0.4 is 5.73 Å². The van der Waals surface area contributed by atoms with Gasteiger partial charge in [0, 0.05) is 0 Å². The zero-order chi connectivity index (χ0) is 12.0. The predicted molar refractivity (Wildman–Crippen MR) is 53.2 cm³/mol. The number of primary amides is 1. The molecule has 0 saturated heterocycles. The molecule has 0 fully saturated rings. The summed E-state index contributed by atoms with van der Waals surface area (Å²) in [5.74, 6) is -1.38. The molecule has 15 heavy (non-hydrogen) atoms. The van der Waals surface area contributed by atoms with E-state index in [0.29, 0.717) is 0 Å². The maximum atomic E-state index is 10.4. The fourth-order valence-corrected chi connectivity index (χ4v) is 1.69. The second-order valence-corrected chi connectivity index (χ2v) is 3.45. The maximum absolute atomic E-state index is 10.4. The molecular weight excluding hydrogens is 248 g/mol. The summed E-state index contributed by atoms with van der Waals surface area (Å²) < 4.78 is -0.0748. The van der Waals surface area contributed by atoms with Gasteiger partial charge in [0.05, 0.1) is 10.3 Å². The number of carbonyl (C=O) groups is 2. The van der Waals surface area contributed by atoms with Crippen LogP contribution >= 0.6 is 22.9 Å². The lowest BCUT2D eigenvalue weighted by Gasteiger charge is -1.89. The number of rotatable bonds is 2. The summed E-state index contributed by atoms with van der Waals surface area (Å²) in [6.07, 6.45) is 0.250. The molecule has 1 aromatic heterocycles. The predicted octanol–water partition coefficient (Wildman–Crippen LogP) is 1.11. The molecule has 9 heteroatoms. The number of thiophene rings is 1.